The van der Waals surface area contributed by atoms with Gasteiger partial charge in [0.25, 0.3) is 15.9 Å². The number of amides is 1. The molecule has 2 atom stereocenters. The molecule has 0 saturated carbocycles. The minimum absolute atomic E-state index is 0.00397. The average Bonchev–Trinajstić information content (AvgIpc) is 2.81. The van der Waals surface area contributed by atoms with Crippen molar-refractivity contribution in [3.8, 4) is 0 Å². The predicted molar refractivity (Wildman–Crippen MR) is 68.0 cm³/mol. The molecule has 106 valence electrons. The van der Waals surface area contributed by atoms with E-state index >= 15 is 0 Å². The monoisotopic (exact) mass is 287 g/mol. The minimum Gasteiger partial charge on any atom is -0.438 e. The molecular formula is C11H17N3O4S. The molecule has 1 aromatic heterocycles. The minimum atomic E-state index is -3.92. The molecule has 0 radical (unpaired) electrons. The quantitative estimate of drug-likeness (QED) is 0.780. The van der Waals surface area contributed by atoms with Crippen molar-refractivity contribution in [1.29, 1.82) is 0 Å². The number of hydrogen-bond acceptors (Lipinski definition) is 5. The maximum atomic E-state index is 12.3. The van der Waals surface area contributed by atoms with Gasteiger partial charge in [0, 0.05) is 25.2 Å². The van der Waals surface area contributed by atoms with Crippen LogP contribution in [0.2, 0.25) is 0 Å². The van der Waals surface area contributed by atoms with E-state index in [2.05, 4.69) is 5.32 Å². The van der Waals surface area contributed by atoms with Gasteiger partial charge >= 0.3 is 0 Å². The first-order chi connectivity index (χ1) is 8.80. The molecule has 0 spiro atoms. The van der Waals surface area contributed by atoms with Crippen molar-refractivity contribution >= 4 is 15.9 Å². The Morgan fingerprint density at radius 2 is 2.16 bits per heavy atom. The van der Waals surface area contributed by atoms with E-state index in [1.165, 1.54) is 12.1 Å². The van der Waals surface area contributed by atoms with Crippen LogP contribution >= 0.6 is 0 Å². The number of nitrogens with one attached hydrogen (secondary N) is 1. The van der Waals surface area contributed by atoms with E-state index in [0.717, 1.165) is 0 Å². The van der Waals surface area contributed by atoms with Gasteiger partial charge in [-0.2, -0.15) is 0 Å². The first-order valence-corrected chi connectivity index (χ1v) is 7.52. The van der Waals surface area contributed by atoms with Crippen molar-refractivity contribution in [3.05, 3.63) is 17.9 Å². The number of nitrogens with zero attached hydrogens (tertiary/aromatic N) is 1. The summed E-state index contributed by atoms with van der Waals surface area (Å²) >= 11 is 0. The molecule has 1 amide bonds. The van der Waals surface area contributed by atoms with Gasteiger partial charge in [0.1, 0.15) is 0 Å². The summed E-state index contributed by atoms with van der Waals surface area (Å²) in [7, 11) is -3.92. The van der Waals surface area contributed by atoms with Gasteiger partial charge in [-0.25, -0.2) is 13.6 Å². The zero-order valence-electron chi connectivity index (χ0n) is 10.8. The Labute approximate surface area is 111 Å². The lowest BCUT2D eigenvalue weighted by Gasteiger charge is -2.38. The molecule has 0 bridgehead atoms. The van der Waals surface area contributed by atoms with Crippen molar-refractivity contribution in [1.82, 2.24) is 10.2 Å². The summed E-state index contributed by atoms with van der Waals surface area (Å²) in [6.45, 7) is 5.16. The van der Waals surface area contributed by atoms with E-state index in [1.54, 1.807) is 4.90 Å². The van der Waals surface area contributed by atoms with Crippen LogP contribution in [0.1, 0.15) is 24.4 Å². The topological polar surface area (TPSA) is 106 Å². The number of carbonyl (C=O) groups is 1. The summed E-state index contributed by atoms with van der Waals surface area (Å²) in [6, 6.07) is 2.70. The fourth-order valence-corrected chi connectivity index (χ4v) is 2.54. The van der Waals surface area contributed by atoms with Gasteiger partial charge in [-0.15, -0.1) is 0 Å². The Bertz CT molecular complexity index is 581. The number of nitrogens with two attached hydrogens (primary N) is 1. The fourth-order valence-electron chi connectivity index (χ4n) is 2.07. The molecular weight excluding hydrogens is 270 g/mol. The average molecular weight is 287 g/mol. The van der Waals surface area contributed by atoms with Gasteiger partial charge in [-0.1, -0.05) is 0 Å². The fraction of sp³-hybridized carbons (Fsp3) is 0.545. The molecule has 1 fully saturated rings. The molecule has 1 aromatic rings. The smallest absolute Gasteiger partial charge is 0.289 e. The third-order valence-electron chi connectivity index (χ3n) is 3.37. The second-order valence-electron chi connectivity index (χ2n) is 4.65. The summed E-state index contributed by atoms with van der Waals surface area (Å²) in [5.41, 5.74) is 0. The summed E-state index contributed by atoms with van der Waals surface area (Å²) < 4.78 is 27.2. The largest absolute Gasteiger partial charge is 0.438 e. The molecule has 2 unspecified atom stereocenters. The van der Waals surface area contributed by atoms with Gasteiger partial charge < -0.3 is 14.6 Å². The number of primary sulfonamides is 1. The van der Waals surface area contributed by atoms with E-state index < -0.39 is 15.1 Å². The third-order valence-corrected chi connectivity index (χ3v) is 4.15. The van der Waals surface area contributed by atoms with Gasteiger partial charge in [-0.05, 0) is 26.0 Å². The maximum Gasteiger partial charge on any atom is 0.289 e. The van der Waals surface area contributed by atoms with E-state index in [4.69, 9.17) is 9.56 Å². The van der Waals surface area contributed by atoms with E-state index in [-0.39, 0.29) is 23.8 Å². The predicted octanol–water partition coefficient (Wildman–Crippen LogP) is -0.251. The van der Waals surface area contributed by atoms with Crippen LogP contribution in [0.4, 0.5) is 0 Å². The van der Waals surface area contributed by atoms with Crippen LogP contribution in [0.25, 0.3) is 0 Å². The first kappa shape index (κ1) is 14.0. The maximum absolute atomic E-state index is 12.3. The number of sulfonamides is 1. The Kier molecular flexibility index (Phi) is 3.66. The molecule has 19 heavy (non-hydrogen) atoms. The highest BCUT2D eigenvalue weighted by atomic mass is 32.2. The highest BCUT2D eigenvalue weighted by Crippen LogP contribution is 2.17. The highest BCUT2D eigenvalue weighted by molar-refractivity contribution is 7.89. The molecule has 8 heteroatoms. The molecule has 2 heterocycles. The lowest BCUT2D eigenvalue weighted by Crippen LogP contribution is -2.57. The standard InChI is InChI=1S/C11H17N3O4S/c1-7-8(2)14(6-5-13-7)11(15)9-3-4-10(18-9)19(12,16)17/h3-4,7-8,13H,5-6H2,1-2H3,(H2,12,16,17). The number of rotatable bonds is 2. The van der Waals surface area contributed by atoms with Gasteiger partial charge in [-0.3, -0.25) is 4.79 Å². The van der Waals surface area contributed by atoms with Gasteiger partial charge in [0.2, 0.25) is 5.09 Å². The summed E-state index contributed by atoms with van der Waals surface area (Å²) in [5, 5.41) is 7.80. The number of piperazine rings is 1. The summed E-state index contributed by atoms with van der Waals surface area (Å²) in [5.74, 6) is -0.333. The Balaban J connectivity index is 2.22. The first-order valence-electron chi connectivity index (χ1n) is 5.97. The van der Waals surface area contributed by atoms with Crippen LogP contribution in [0.3, 0.4) is 0 Å². The molecule has 0 aliphatic carbocycles. The second-order valence-corrected chi connectivity index (χ2v) is 6.14. The van der Waals surface area contributed by atoms with Crippen LogP contribution in [0, 0.1) is 0 Å². The van der Waals surface area contributed by atoms with Crippen LogP contribution in [-0.2, 0) is 10.0 Å². The number of furan rings is 1. The number of hydrogen-bond donors (Lipinski definition) is 2. The van der Waals surface area contributed by atoms with Crippen LogP contribution in [0.15, 0.2) is 21.6 Å². The zero-order valence-corrected chi connectivity index (χ0v) is 11.6. The summed E-state index contributed by atoms with van der Waals surface area (Å²) in [4.78, 5) is 13.9. The van der Waals surface area contributed by atoms with Gasteiger partial charge in [0.15, 0.2) is 5.76 Å². The third kappa shape index (κ3) is 2.80. The van der Waals surface area contributed by atoms with E-state index in [0.29, 0.717) is 13.1 Å². The Hall–Kier alpha value is -1.38. The van der Waals surface area contributed by atoms with Crippen molar-refractivity contribution in [2.75, 3.05) is 13.1 Å². The van der Waals surface area contributed by atoms with E-state index in [9.17, 15) is 13.2 Å². The molecule has 1 saturated heterocycles. The van der Waals surface area contributed by atoms with E-state index in [1.807, 2.05) is 13.8 Å². The van der Waals surface area contributed by atoms with Gasteiger partial charge in [0.05, 0.1) is 0 Å². The lowest BCUT2D eigenvalue weighted by atomic mass is 10.1. The lowest BCUT2D eigenvalue weighted by molar-refractivity contribution is 0.0565. The van der Waals surface area contributed by atoms with Crippen molar-refractivity contribution < 1.29 is 17.6 Å². The molecule has 0 aromatic carbocycles. The Morgan fingerprint density at radius 1 is 1.47 bits per heavy atom. The second kappa shape index (κ2) is 4.95. The molecule has 2 rings (SSSR count). The van der Waals surface area contributed by atoms with Crippen molar-refractivity contribution in [2.45, 2.75) is 31.0 Å². The molecule has 3 N–H and O–H groups in total. The Morgan fingerprint density at radius 3 is 2.74 bits per heavy atom. The highest BCUT2D eigenvalue weighted by Gasteiger charge is 2.30. The number of carbonyl (C=O) groups excluding carboxylic acids is 1. The molecule has 7 nitrogen and oxygen atoms in total. The van der Waals surface area contributed by atoms with Crippen LogP contribution < -0.4 is 10.5 Å². The SMILES string of the molecule is CC1NCCN(C(=O)c2ccc(S(N)(=O)=O)o2)C1C. The molecule has 1 aliphatic rings. The molecule has 1 aliphatic heterocycles. The normalized spacial score (nSPS) is 24.5. The van der Waals surface area contributed by atoms with Crippen molar-refractivity contribution in [3.63, 3.8) is 0 Å². The van der Waals surface area contributed by atoms with Crippen molar-refractivity contribution in [2.24, 2.45) is 5.14 Å². The van der Waals surface area contributed by atoms with Crippen LogP contribution in [0.5, 0.6) is 0 Å². The summed E-state index contributed by atoms with van der Waals surface area (Å²) in [6.07, 6.45) is 0. The zero-order chi connectivity index (χ0) is 14.2. The van der Waals surface area contributed by atoms with Crippen LogP contribution in [-0.4, -0.2) is 44.4 Å².